The van der Waals surface area contributed by atoms with Crippen molar-refractivity contribution in [3.05, 3.63) is 66.2 Å². The lowest BCUT2D eigenvalue weighted by atomic mass is 9.91. The van der Waals surface area contributed by atoms with E-state index >= 15 is 0 Å². The number of nitrogens with one attached hydrogen (secondary N) is 2. The van der Waals surface area contributed by atoms with E-state index < -0.39 is 23.8 Å². The summed E-state index contributed by atoms with van der Waals surface area (Å²) in [6, 6.07) is 12.5. The van der Waals surface area contributed by atoms with Crippen molar-refractivity contribution in [2.45, 2.75) is 25.3 Å². The number of hydrogen-bond donors (Lipinski definition) is 3. The molecule has 1 unspecified atom stereocenters. The van der Waals surface area contributed by atoms with Crippen molar-refractivity contribution in [2.24, 2.45) is 5.92 Å². The maximum Gasteiger partial charge on any atom is 0.326 e. The van der Waals surface area contributed by atoms with E-state index in [4.69, 9.17) is 0 Å². The molecular formula is C23H26N4O4. The third kappa shape index (κ3) is 5.69. The summed E-state index contributed by atoms with van der Waals surface area (Å²) < 4.78 is 0. The molecule has 0 aliphatic carbocycles. The monoisotopic (exact) mass is 422 g/mol. The van der Waals surface area contributed by atoms with E-state index in [1.165, 1.54) is 17.4 Å². The third-order valence-corrected chi connectivity index (χ3v) is 5.23. The van der Waals surface area contributed by atoms with Crippen LogP contribution in [0.25, 0.3) is 10.8 Å². The lowest BCUT2D eigenvalue weighted by Crippen LogP contribution is -2.46. The number of aromatic amines is 1. The fourth-order valence-electron chi connectivity index (χ4n) is 3.49. The first-order valence-corrected chi connectivity index (χ1v) is 10.0. The summed E-state index contributed by atoms with van der Waals surface area (Å²) in [4.78, 5) is 45.4. The van der Waals surface area contributed by atoms with Crippen LogP contribution in [0.1, 0.15) is 17.7 Å². The second kappa shape index (κ2) is 9.88. The lowest BCUT2D eigenvalue weighted by molar-refractivity contribution is -0.142. The average Bonchev–Trinajstić information content (AvgIpc) is 3.26. The van der Waals surface area contributed by atoms with Gasteiger partial charge in [0.1, 0.15) is 6.04 Å². The molecule has 0 fully saturated rings. The molecule has 0 bridgehead atoms. The molecule has 2 amide bonds. The summed E-state index contributed by atoms with van der Waals surface area (Å²) in [6.45, 7) is 0. The van der Waals surface area contributed by atoms with Crippen molar-refractivity contribution in [2.75, 3.05) is 14.1 Å². The predicted molar refractivity (Wildman–Crippen MR) is 116 cm³/mol. The quantitative estimate of drug-likeness (QED) is 0.488. The fraction of sp³-hybridized carbons (Fsp3) is 0.304. The molecule has 0 saturated heterocycles. The summed E-state index contributed by atoms with van der Waals surface area (Å²) in [5.41, 5.74) is 1.54. The van der Waals surface area contributed by atoms with Gasteiger partial charge >= 0.3 is 5.97 Å². The highest BCUT2D eigenvalue weighted by atomic mass is 16.4. The Morgan fingerprint density at radius 1 is 1.10 bits per heavy atom. The number of carboxylic acids is 1. The molecule has 3 rings (SSSR count). The van der Waals surface area contributed by atoms with Gasteiger partial charge in [-0.05, 0) is 22.8 Å². The number of aromatic nitrogens is 2. The molecule has 3 N–H and O–H groups in total. The topological polar surface area (TPSA) is 115 Å². The number of carboxylic acid groups (broad SMARTS) is 1. The Morgan fingerprint density at radius 2 is 1.84 bits per heavy atom. The molecular weight excluding hydrogens is 396 g/mol. The zero-order valence-electron chi connectivity index (χ0n) is 17.5. The van der Waals surface area contributed by atoms with Crippen LogP contribution < -0.4 is 5.32 Å². The first-order valence-electron chi connectivity index (χ1n) is 10.0. The van der Waals surface area contributed by atoms with E-state index in [2.05, 4.69) is 15.3 Å². The molecule has 3 aromatic rings. The first kappa shape index (κ1) is 22.0. The Hall–Kier alpha value is -3.68. The average molecular weight is 422 g/mol. The number of H-pyrrole nitrogens is 1. The number of carbonyl (C=O) groups excluding carboxylic acids is 2. The van der Waals surface area contributed by atoms with Crippen LogP contribution in [0.4, 0.5) is 0 Å². The second-order valence-electron chi connectivity index (χ2n) is 7.71. The number of fused-ring (bicyclic) bond motifs is 1. The van der Waals surface area contributed by atoms with Crippen molar-refractivity contribution in [3.63, 3.8) is 0 Å². The Labute approximate surface area is 180 Å². The summed E-state index contributed by atoms with van der Waals surface area (Å²) in [6.07, 6.45) is 3.35. The summed E-state index contributed by atoms with van der Waals surface area (Å²) in [7, 11) is 3.26. The minimum atomic E-state index is -1.15. The molecule has 2 aromatic carbocycles. The van der Waals surface area contributed by atoms with E-state index in [9.17, 15) is 19.5 Å². The van der Waals surface area contributed by atoms with Crippen LogP contribution in [0.3, 0.4) is 0 Å². The molecule has 8 heteroatoms. The van der Waals surface area contributed by atoms with Crippen molar-refractivity contribution in [1.82, 2.24) is 20.2 Å². The minimum absolute atomic E-state index is 0.0154. The van der Waals surface area contributed by atoms with Gasteiger partial charge in [-0.1, -0.05) is 42.5 Å². The standard InChI is InChI=1S/C23H26N4O4/c1-27(2)21(28)11-17(10-16-8-5-7-15-6-3-4-9-19(15)16)22(29)26-20(23(30)31)12-18-13-24-14-25-18/h3-9,13-14,17,20H,10-12H2,1-2H3,(H,24,25)(H,26,29)(H,30,31)/t17?,20-/m0/s1. The number of hydrogen-bond acceptors (Lipinski definition) is 4. The van der Waals surface area contributed by atoms with Gasteiger partial charge in [-0.2, -0.15) is 0 Å². The fourth-order valence-corrected chi connectivity index (χ4v) is 3.49. The Morgan fingerprint density at radius 3 is 2.52 bits per heavy atom. The number of imidazole rings is 1. The summed E-state index contributed by atoms with van der Waals surface area (Å²) in [5.74, 6) is -2.51. The van der Waals surface area contributed by atoms with Gasteiger partial charge in [-0.3, -0.25) is 9.59 Å². The predicted octanol–water partition coefficient (Wildman–Crippen LogP) is 2.01. The smallest absolute Gasteiger partial charge is 0.326 e. The van der Waals surface area contributed by atoms with E-state index in [1.54, 1.807) is 14.1 Å². The normalized spacial score (nSPS) is 12.8. The SMILES string of the molecule is CN(C)C(=O)CC(Cc1cccc2ccccc12)C(=O)N[C@@H](Cc1cnc[nH]1)C(=O)O. The molecule has 0 aliphatic heterocycles. The van der Waals surface area contributed by atoms with Gasteiger partial charge in [0.25, 0.3) is 0 Å². The lowest BCUT2D eigenvalue weighted by Gasteiger charge is -2.22. The van der Waals surface area contributed by atoms with Gasteiger partial charge in [0.15, 0.2) is 0 Å². The van der Waals surface area contributed by atoms with Gasteiger partial charge in [0.2, 0.25) is 11.8 Å². The third-order valence-electron chi connectivity index (χ3n) is 5.23. The van der Waals surface area contributed by atoms with Crippen molar-refractivity contribution >= 4 is 28.6 Å². The zero-order valence-corrected chi connectivity index (χ0v) is 17.5. The molecule has 162 valence electrons. The van der Waals surface area contributed by atoms with Crippen LogP contribution in [-0.4, -0.2) is 57.9 Å². The van der Waals surface area contributed by atoms with Gasteiger partial charge in [0, 0.05) is 38.8 Å². The molecule has 1 heterocycles. The summed E-state index contributed by atoms with van der Waals surface area (Å²) >= 11 is 0. The highest BCUT2D eigenvalue weighted by molar-refractivity contribution is 5.90. The van der Waals surface area contributed by atoms with Crippen LogP contribution in [0, 0.1) is 5.92 Å². The number of carbonyl (C=O) groups is 3. The molecule has 0 spiro atoms. The second-order valence-corrected chi connectivity index (χ2v) is 7.71. The maximum atomic E-state index is 13.1. The molecule has 2 atom stereocenters. The molecule has 0 radical (unpaired) electrons. The number of benzene rings is 2. The minimum Gasteiger partial charge on any atom is -0.480 e. The van der Waals surface area contributed by atoms with Crippen LogP contribution >= 0.6 is 0 Å². The van der Waals surface area contributed by atoms with Crippen molar-refractivity contribution < 1.29 is 19.5 Å². The molecule has 8 nitrogen and oxygen atoms in total. The van der Waals surface area contributed by atoms with Gasteiger partial charge < -0.3 is 20.3 Å². The maximum absolute atomic E-state index is 13.1. The summed E-state index contributed by atoms with van der Waals surface area (Å²) in [5, 5.41) is 14.2. The molecule has 1 aromatic heterocycles. The largest absolute Gasteiger partial charge is 0.480 e. The van der Waals surface area contributed by atoms with Gasteiger partial charge in [0.05, 0.1) is 12.2 Å². The van der Waals surface area contributed by atoms with Gasteiger partial charge in [-0.25, -0.2) is 9.78 Å². The van der Waals surface area contributed by atoms with Crippen LogP contribution in [0.2, 0.25) is 0 Å². The van der Waals surface area contributed by atoms with Crippen LogP contribution in [0.5, 0.6) is 0 Å². The van der Waals surface area contributed by atoms with Crippen molar-refractivity contribution in [3.8, 4) is 0 Å². The number of aliphatic carboxylic acids is 1. The van der Waals surface area contributed by atoms with Crippen molar-refractivity contribution in [1.29, 1.82) is 0 Å². The van der Waals surface area contributed by atoms with E-state index in [0.29, 0.717) is 12.1 Å². The molecule has 31 heavy (non-hydrogen) atoms. The first-order chi connectivity index (χ1) is 14.8. The van der Waals surface area contributed by atoms with E-state index in [-0.39, 0.29) is 18.7 Å². The number of rotatable bonds is 9. The highest BCUT2D eigenvalue weighted by Gasteiger charge is 2.28. The highest BCUT2D eigenvalue weighted by Crippen LogP contribution is 2.23. The van der Waals surface area contributed by atoms with Crippen LogP contribution in [0.15, 0.2) is 55.0 Å². The zero-order chi connectivity index (χ0) is 22.4. The Balaban J connectivity index is 1.84. The number of nitrogens with zero attached hydrogens (tertiary/aromatic N) is 2. The van der Waals surface area contributed by atoms with E-state index in [1.807, 2.05) is 42.5 Å². The Bertz CT molecular complexity index is 1060. The Kier molecular flexibility index (Phi) is 7.02. The van der Waals surface area contributed by atoms with E-state index in [0.717, 1.165) is 16.3 Å². The molecule has 0 aliphatic rings. The number of amides is 2. The van der Waals surface area contributed by atoms with Gasteiger partial charge in [-0.15, -0.1) is 0 Å². The van der Waals surface area contributed by atoms with Crippen LogP contribution in [-0.2, 0) is 27.2 Å². The molecule has 0 saturated carbocycles.